The Bertz CT molecular complexity index is 272. The summed E-state index contributed by atoms with van der Waals surface area (Å²) < 4.78 is 49.4. The van der Waals surface area contributed by atoms with E-state index in [4.69, 9.17) is 0 Å². The lowest BCUT2D eigenvalue weighted by Gasteiger charge is -2.35. The van der Waals surface area contributed by atoms with E-state index in [1.165, 1.54) is 0 Å². The van der Waals surface area contributed by atoms with E-state index in [0.717, 1.165) is 0 Å². The third-order valence-corrected chi connectivity index (χ3v) is 2.71. The van der Waals surface area contributed by atoms with Gasteiger partial charge in [-0.05, 0) is 12.3 Å². The Hall–Kier alpha value is -0.850. The van der Waals surface area contributed by atoms with Crippen molar-refractivity contribution < 1.29 is 27.5 Å². The molecule has 1 aliphatic heterocycles. The summed E-state index contributed by atoms with van der Waals surface area (Å²) in [5.74, 6) is -6.88. The van der Waals surface area contributed by atoms with E-state index in [2.05, 4.69) is 0 Å². The fraction of sp³-hybridized carbons (Fsp3) is 0.889. The van der Waals surface area contributed by atoms with Gasteiger partial charge in [0.15, 0.2) is 0 Å². The van der Waals surface area contributed by atoms with Crippen LogP contribution in [0.4, 0.5) is 17.6 Å². The van der Waals surface area contributed by atoms with Crippen molar-refractivity contribution in [1.29, 1.82) is 0 Å². The molecule has 0 spiro atoms. The lowest BCUT2D eigenvalue weighted by Crippen LogP contribution is -2.53. The second-order valence-corrected chi connectivity index (χ2v) is 4.01. The number of carbonyl (C=O) groups is 1. The fourth-order valence-electron chi connectivity index (χ4n) is 1.62. The number of rotatable bonds is 2. The maximum Gasteiger partial charge on any atom is 0.383 e. The van der Waals surface area contributed by atoms with Crippen molar-refractivity contribution in [3.8, 4) is 0 Å². The molecule has 7 heteroatoms. The molecule has 0 aliphatic carbocycles. The van der Waals surface area contributed by atoms with Gasteiger partial charge in [-0.15, -0.1) is 0 Å². The second kappa shape index (κ2) is 4.57. The molecule has 0 saturated carbocycles. The van der Waals surface area contributed by atoms with Crippen LogP contribution in [0.3, 0.4) is 0 Å². The number of halogens is 4. The van der Waals surface area contributed by atoms with Crippen LogP contribution in [0.25, 0.3) is 0 Å². The van der Waals surface area contributed by atoms with Crippen molar-refractivity contribution in [2.24, 2.45) is 5.92 Å². The molecular weight excluding hydrogens is 230 g/mol. The molecular formula is C9H13F4NO2. The molecule has 1 aliphatic rings. The minimum absolute atomic E-state index is 0.118. The zero-order chi connectivity index (χ0) is 12.5. The van der Waals surface area contributed by atoms with Gasteiger partial charge in [-0.25, -0.2) is 8.78 Å². The first kappa shape index (κ1) is 13.2. The highest BCUT2D eigenvalue weighted by molar-refractivity contribution is 5.84. The predicted molar refractivity (Wildman–Crippen MR) is 47.3 cm³/mol. The van der Waals surface area contributed by atoms with Gasteiger partial charge >= 0.3 is 12.3 Å². The lowest BCUT2D eigenvalue weighted by atomic mass is 9.96. The average Bonchev–Trinajstić information content (AvgIpc) is 2.20. The number of piperidine rings is 1. The molecule has 0 aromatic heterocycles. The summed E-state index contributed by atoms with van der Waals surface area (Å²) in [6.45, 7) is 1.33. The molecule has 3 nitrogen and oxygen atoms in total. The zero-order valence-corrected chi connectivity index (χ0v) is 8.67. The molecule has 1 fully saturated rings. The van der Waals surface area contributed by atoms with E-state index in [1.54, 1.807) is 6.92 Å². The smallest absolute Gasteiger partial charge is 0.383 e. The molecule has 1 rings (SSSR count). The van der Waals surface area contributed by atoms with E-state index in [-0.39, 0.29) is 25.4 Å². The lowest BCUT2D eigenvalue weighted by molar-refractivity contribution is -0.183. The van der Waals surface area contributed by atoms with Crippen LogP contribution in [0.15, 0.2) is 0 Å². The first-order valence-corrected chi connectivity index (χ1v) is 4.90. The summed E-state index contributed by atoms with van der Waals surface area (Å²) in [5.41, 5.74) is 0. The zero-order valence-electron chi connectivity index (χ0n) is 8.67. The van der Waals surface area contributed by atoms with Crippen LogP contribution in [0.5, 0.6) is 0 Å². The Morgan fingerprint density at radius 2 is 2.06 bits per heavy atom. The fourth-order valence-corrected chi connectivity index (χ4v) is 1.62. The Morgan fingerprint density at radius 3 is 2.50 bits per heavy atom. The number of carbonyl (C=O) groups excluding carboxylic acids is 1. The van der Waals surface area contributed by atoms with Gasteiger partial charge in [-0.3, -0.25) is 4.79 Å². The van der Waals surface area contributed by atoms with Crippen LogP contribution < -0.4 is 0 Å². The minimum Gasteiger partial charge on any atom is -0.393 e. The van der Waals surface area contributed by atoms with Crippen LogP contribution in [0, 0.1) is 5.92 Å². The Morgan fingerprint density at radius 1 is 1.50 bits per heavy atom. The molecule has 1 heterocycles. The van der Waals surface area contributed by atoms with E-state index < -0.39 is 24.4 Å². The molecule has 94 valence electrons. The number of aliphatic hydroxyl groups excluding tert-OH is 1. The molecule has 1 amide bonds. The molecule has 1 saturated heterocycles. The summed E-state index contributed by atoms with van der Waals surface area (Å²) >= 11 is 0. The Kier molecular flexibility index (Phi) is 3.77. The van der Waals surface area contributed by atoms with Crippen LogP contribution in [0.1, 0.15) is 13.3 Å². The first-order valence-electron chi connectivity index (χ1n) is 4.90. The molecule has 0 aromatic carbocycles. The van der Waals surface area contributed by atoms with Gasteiger partial charge in [-0.2, -0.15) is 8.78 Å². The average molecular weight is 243 g/mol. The minimum atomic E-state index is -4.64. The van der Waals surface area contributed by atoms with Crippen molar-refractivity contribution in [2.75, 3.05) is 13.1 Å². The predicted octanol–water partition coefficient (Wildman–Crippen LogP) is 1.12. The maximum atomic E-state index is 12.7. The molecule has 1 N–H and O–H groups in total. The monoisotopic (exact) mass is 243 g/mol. The number of amides is 1. The summed E-state index contributed by atoms with van der Waals surface area (Å²) in [4.78, 5) is 11.8. The van der Waals surface area contributed by atoms with Crippen LogP contribution in [-0.2, 0) is 4.79 Å². The summed E-state index contributed by atoms with van der Waals surface area (Å²) in [6, 6.07) is 0. The first-order chi connectivity index (χ1) is 7.26. The highest BCUT2D eigenvalue weighted by Crippen LogP contribution is 2.28. The van der Waals surface area contributed by atoms with E-state index in [9.17, 15) is 27.5 Å². The topological polar surface area (TPSA) is 40.5 Å². The van der Waals surface area contributed by atoms with Gasteiger partial charge in [0.25, 0.3) is 5.91 Å². The number of hydrogen-bond acceptors (Lipinski definition) is 2. The molecule has 0 bridgehead atoms. The highest BCUT2D eigenvalue weighted by atomic mass is 19.3. The van der Waals surface area contributed by atoms with Crippen LogP contribution in [0.2, 0.25) is 0 Å². The third-order valence-electron chi connectivity index (χ3n) is 2.71. The molecule has 0 radical (unpaired) electrons. The largest absolute Gasteiger partial charge is 0.393 e. The van der Waals surface area contributed by atoms with Crippen LogP contribution >= 0.6 is 0 Å². The van der Waals surface area contributed by atoms with Gasteiger partial charge in [0.2, 0.25) is 0 Å². The standard InChI is InChI=1S/C9H13F4NO2/c1-5-4-14(3-2-6(5)15)8(16)9(12,13)7(10)11/h5-7,15H,2-4H2,1H3. The van der Waals surface area contributed by atoms with E-state index in [0.29, 0.717) is 4.90 Å². The van der Waals surface area contributed by atoms with E-state index in [1.807, 2.05) is 0 Å². The van der Waals surface area contributed by atoms with Crippen LogP contribution in [-0.4, -0.2) is 47.5 Å². The molecule has 0 aromatic rings. The van der Waals surface area contributed by atoms with Gasteiger partial charge in [-0.1, -0.05) is 6.92 Å². The summed E-state index contributed by atoms with van der Waals surface area (Å²) in [5, 5.41) is 9.32. The third kappa shape index (κ3) is 2.45. The molecule has 2 atom stereocenters. The van der Waals surface area contributed by atoms with Gasteiger partial charge in [0.05, 0.1) is 6.10 Å². The maximum absolute atomic E-state index is 12.7. The summed E-state index contributed by atoms with van der Waals surface area (Å²) in [7, 11) is 0. The number of hydrogen-bond donors (Lipinski definition) is 1. The normalized spacial score (nSPS) is 27.3. The number of nitrogens with zero attached hydrogens (tertiary/aromatic N) is 1. The van der Waals surface area contributed by atoms with Gasteiger partial charge in [0.1, 0.15) is 0 Å². The van der Waals surface area contributed by atoms with Crippen molar-refractivity contribution >= 4 is 5.91 Å². The molecule has 16 heavy (non-hydrogen) atoms. The number of alkyl halides is 4. The van der Waals surface area contributed by atoms with E-state index >= 15 is 0 Å². The summed E-state index contributed by atoms with van der Waals surface area (Å²) in [6.07, 6.45) is -4.54. The van der Waals surface area contributed by atoms with Crippen molar-refractivity contribution in [2.45, 2.75) is 31.8 Å². The number of aliphatic hydroxyl groups is 1. The number of likely N-dealkylation sites (tertiary alicyclic amines) is 1. The SMILES string of the molecule is CC1CN(C(=O)C(F)(F)C(F)F)CCC1O. The van der Waals surface area contributed by atoms with Gasteiger partial charge < -0.3 is 10.0 Å². The highest BCUT2D eigenvalue weighted by Gasteiger charge is 2.51. The van der Waals surface area contributed by atoms with Gasteiger partial charge in [0, 0.05) is 13.1 Å². The second-order valence-electron chi connectivity index (χ2n) is 4.01. The quantitative estimate of drug-likeness (QED) is 0.738. The van der Waals surface area contributed by atoms with Crippen molar-refractivity contribution in [3.05, 3.63) is 0 Å². The molecule has 2 unspecified atom stereocenters. The van der Waals surface area contributed by atoms with Crippen molar-refractivity contribution in [1.82, 2.24) is 4.90 Å². The Balaban J connectivity index is 2.69. The Labute approximate surface area is 90.0 Å². The van der Waals surface area contributed by atoms with Crippen molar-refractivity contribution in [3.63, 3.8) is 0 Å².